The molecule has 4 aliphatic heterocycles. The van der Waals surface area contributed by atoms with Crippen LogP contribution in [0.4, 0.5) is 0 Å². The second-order valence-electron chi connectivity index (χ2n) is 12.4. The Morgan fingerprint density at radius 2 is 1.86 bits per heavy atom. The van der Waals surface area contributed by atoms with Crippen LogP contribution < -0.4 is 10.6 Å². The number of epoxide rings is 1. The van der Waals surface area contributed by atoms with Crippen molar-refractivity contribution >= 4 is 17.8 Å². The maximum atomic E-state index is 12.8. The third kappa shape index (κ3) is 9.76. The normalized spacial score (nSPS) is 34.5. The van der Waals surface area contributed by atoms with Gasteiger partial charge < -0.3 is 34.5 Å². The fourth-order valence-corrected chi connectivity index (χ4v) is 6.11. The van der Waals surface area contributed by atoms with E-state index in [1.165, 1.54) is 13.0 Å². The van der Waals surface area contributed by atoms with Crippen LogP contribution in [0.15, 0.2) is 36.0 Å². The van der Waals surface area contributed by atoms with Crippen LogP contribution in [-0.2, 0) is 33.3 Å². The zero-order valence-electron chi connectivity index (χ0n) is 25.8. The average molecular weight is 588 g/mol. The number of piperazine rings is 1. The molecule has 0 aromatic rings. The number of nitrogens with one attached hydrogen (secondary N) is 2. The highest BCUT2D eigenvalue weighted by molar-refractivity contribution is 5.87. The molecule has 0 aromatic heterocycles. The Labute approximate surface area is 250 Å². The molecule has 0 aliphatic carbocycles. The van der Waals surface area contributed by atoms with Gasteiger partial charge in [-0.1, -0.05) is 30.7 Å². The summed E-state index contributed by atoms with van der Waals surface area (Å²) in [6, 6.07) is -0.0887. The van der Waals surface area contributed by atoms with E-state index in [4.69, 9.17) is 18.9 Å². The van der Waals surface area contributed by atoms with Crippen LogP contribution in [0.1, 0.15) is 66.7 Å². The van der Waals surface area contributed by atoms with Crippen LogP contribution in [0.25, 0.3) is 0 Å². The number of esters is 1. The monoisotopic (exact) mass is 587 g/mol. The Hall–Kier alpha value is -2.53. The van der Waals surface area contributed by atoms with Crippen LogP contribution >= 0.6 is 0 Å². The molecule has 2 N–H and O–H groups in total. The summed E-state index contributed by atoms with van der Waals surface area (Å²) in [6.45, 7) is 13.2. The molecule has 0 bridgehead atoms. The molecule has 2 amide bonds. The lowest BCUT2D eigenvalue weighted by Crippen LogP contribution is -2.50. The Balaban J connectivity index is 1.23. The predicted molar refractivity (Wildman–Crippen MR) is 159 cm³/mol. The van der Waals surface area contributed by atoms with Gasteiger partial charge >= 0.3 is 5.97 Å². The number of amides is 2. The number of carbonyl (C=O) groups is 3. The number of rotatable bonds is 10. The van der Waals surface area contributed by atoms with E-state index in [1.54, 1.807) is 13.0 Å². The quantitative estimate of drug-likeness (QED) is 0.173. The Morgan fingerprint density at radius 1 is 1.12 bits per heavy atom. The predicted octanol–water partition coefficient (Wildman–Crippen LogP) is 2.82. The summed E-state index contributed by atoms with van der Waals surface area (Å²) in [4.78, 5) is 38.2. The maximum absolute atomic E-state index is 12.8. The topological polar surface area (TPSA) is 119 Å². The van der Waals surface area contributed by atoms with Gasteiger partial charge in [0.15, 0.2) is 0 Å². The van der Waals surface area contributed by atoms with Gasteiger partial charge in [-0.3, -0.25) is 14.4 Å². The van der Waals surface area contributed by atoms with Crippen molar-refractivity contribution in [2.75, 3.05) is 32.8 Å². The summed E-state index contributed by atoms with van der Waals surface area (Å²) in [5.74, 6) is -0.167. The summed E-state index contributed by atoms with van der Waals surface area (Å²) in [6.07, 6.45) is 12.3. The van der Waals surface area contributed by atoms with Crippen LogP contribution in [0.2, 0.25) is 0 Å². The summed E-state index contributed by atoms with van der Waals surface area (Å²) >= 11 is 0. The van der Waals surface area contributed by atoms with Crippen LogP contribution in [0.3, 0.4) is 0 Å². The Bertz CT molecular complexity index is 1050. The molecule has 234 valence electrons. The first-order valence-corrected chi connectivity index (χ1v) is 15.5. The number of hydrogen-bond acceptors (Lipinski definition) is 8. The smallest absolute Gasteiger partial charge is 0.303 e. The van der Waals surface area contributed by atoms with E-state index in [-0.39, 0.29) is 59.8 Å². The van der Waals surface area contributed by atoms with Gasteiger partial charge in [0.2, 0.25) is 11.8 Å². The molecule has 8 atom stereocenters. The Kier molecular flexibility index (Phi) is 11.4. The van der Waals surface area contributed by atoms with Crippen LogP contribution in [-0.4, -0.2) is 97.6 Å². The van der Waals surface area contributed by atoms with Crippen molar-refractivity contribution in [1.82, 2.24) is 15.5 Å². The highest BCUT2D eigenvalue weighted by Gasteiger charge is 2.51. The van der Waals surface area contributed by atoms with E-state index in [0.717, 1.165) is 64.0 Å². The van der Waals surface area contributed by atoms with E-state index < -0.39 is 6.10 Å². The molecule has 4 rings (SSSR count). The van der Waals surface area contributed by atoms with Crippen molar-refractivity contribution in [1.29, 1.82) is 0 Å². The molecule has 1 spiro atoms. The van der Waals surface area contributed by atoms with Crippen molar-refractivity contribution in [3.8, 4) is 0 Å². The lowest BCUT2D eigenvalue weighted by molar-refractivity contribution is -0.143. The first kappa shape index (κ1) is 32.4. The van der Waals surface area contributed by atoms with Gasteiger partial charge in [-0.15, -0.1) is 0 Å². The molecule has 0 aromatic carbocycles. The minimum absolute atomic E-state index is 0.0606. The van der Waals surface area contributed by atoms with E-state index >= 15 is 0 Å². The summed E-state index contributed by atoms with van der Waals surface area (Å²) in [5.41, 5.74) is 0.998. The Morgan fingerprint density at radius 3 is 2.55 bits per heavy atom. The fraction of sp³-hybridized carbons (Fsp3) is 0.719. The second kappa shape index (κ2) is 14.8. The standard InChI is InChI=1S/C32H49N3O7/c1-21(6-9-26-18-32(20-39-32)19-27(42-26)17-31(38)35-14-12-33-13-15-35)7-10-29-22(2)16-28(24(4)41-29)34-30(37)11-8-23(3)40-25(5)36/h6-9,11,22-24,26-29,33H,10,12-20H2,1-5H3,(H,34,37)/b9-6+,11-8-,21-7+/t22-,23-,24+,26+,27?,28+,29?,32+/m0/s1. The lowest BCUT2D eigenvalue weighted by atomic mass is 9.88. The number of ether oxygens (including phenoxy) is 4. The van der Waals surface area contributed by atoms with Crippen molar-refractivity contribution in [3.05, 3.63) is 36.0 Å². The van der Waals surface area contributed by atoms with Crippen molar-refractivity contribution in [2.45, 2.75) is 109 Å². The van der Waals surface area contributed by atoms with Crippen LogP contribution in [0.5, 0.6) is 0 Å². The largest absolute Gasteiger partial charge is 0.459 e. The number of carbonyl (C=O) groups excluding carboxylic acids is 3. The molecule has 0 saturated carbocycles. The van der Waals surface area contributed by atoms with Crippen LogP contribution in [0, 0.1) is 5.92 Å². The minimum Gasteiger partial charge on any atom is -0.459 e. The van der Waals surface area contributed by atoms with Gasteiger partial charge in [-0.2, -0.15) is 0 Å². The molecule has 10 heteroatoms. The van der Waals surface area contributed by atoms with E-state index in [9.17, 15) is 14.4 Å². The molecular formula is C32H49N3O7. The van der Waals surface area contributed by atoms with E-state index in [2.05, 4.69) is 42.7 Å². The lowest BCUT2D eigenvalue weighted by Gasteiger charge is -2.39. The van der Waals surface area contributed by atoms with Gasteiger partial charge in [-0.25, -0.2) is 0 Å². The second-order valence-corrected chi connectivity index (χ2v) is 12.4. The molecule has 4 fully saturated rings. The average Bonchev–Trinajstić information content (AvgIpc) is 3.69. The van der Waals surface area contributed by atoms with Crippen molar-refractivity contribution in [3.63, 3.8) is 0 Å². The van der Waals surface area contributed by atoms with Crippen molar-refractivity contribution < 1.29 is 33.3 Å². The number of allylic oxidation sites excluding steroid dienone is 2. The third-order valence-electron chi connectivity index (χ3n) is 8.63. The highest BCUT2D eigenvalue weighted by Crippen LogP contribution is 2.43. The van der Waals surface area contributed by atoms with Gasteiger partial charge in [0, 0.05) is 52.0 Å². The first-order chi connectivity index (χ1) is 20.0. The SMILES string of the molecule is CC(=O)O[C@@H](C)/C=C\C(=O)N[C@@H]1C[C@H](C)C(C/C=C(C)/C=C/[C@@H]2C[C@]3(CO3)CC(CC(=O)N3CCNCC3)O2)O[C@@H]1C. The first-order valence-electron chi connectivity index (χ1n) is 15.5. The molecule has 2 unspecified atom stereocenters. The fourth-order valence-electron chi connectivity index (χ4n) is 6.11. The molecule has 10 nitrogen and oxygen atoms in total. The zero-order valence-corrected chi connectivity index (χ0v) is 25.8. The minimum atomic E-state index is -0.457. The van der Waals surface area contributed by atoms with Gasteiger partial charge in [0.05, 0.1) is 49.1 Å². The highest BCUT2D eigenvalue weighted by atomic mass is 16.6. The van der Waals surface area contributed by atoms with Gasteiger partial charge in [-0.05, 0) is 45.6 Å². The van der Waals surface area contributed by atoms with E-state index in [0.29, 0.717) is 6.42 Å². The molecule has 42 heavy (non-hydrogen) atoms. The molecular weight excluding hydrogens is 538 g/mol. The molecule has 4 heterocycles. The van der Waals surface area contributed by atoms with Gasteiger partial charge in [0.25, 0.3) is 0 Å². The summed E-state index contributed by atoms with van der Waals surface area (Å²) < 4.78 is 23.5. The van der Waals surface area contributed by atoms with E-state index in [1.807, 2.05) is 11.8 Å². The van der Waals surface area contributed by atoms with Crippen molar-refractivity contribution in [2.24, 2.45) is 5.92 Å². The zero-order chi connectivity index (χ0) is 30.3. The summed E-state index contributed by atoms with van der Waals surface area (Å²) in [7, 11) is 0. The number of nitrogens with zero attached hydrogens (tertiary/aromatic N) is 1. The maximum Gasteiger partial charge on any atom is 0.303 e. The van der Waals surface area contributed by atoms with Gasteiger partial charge in [0.1, 0.15) is 6.10 Å². The number of hydrogen-bond donors (Lipinski definition) is 2. The summed E-state index contributed by atoms with van der Waals surface area (Å²) in [5, 5.41) is 6.32. The molecule has 4 aliphatic rings. The third-order valence-corrected chi connectivity index (χ3v) is 8.63. The molecule has 4 saturated heterocycles. The molecule has 0 radical (unpaired) electrons.